The van der Waals surface area contributed by atoms with Gasteiger partial charge in [0.2, 0.25) is 0 Å². The zero-order valence-electron chi connectivity index (χ0n) is 8.73. The van der Waals surface area contributed by atoms with Crippen molar-refractivity contribution in [3.8, 4) is 6.07 Å². The molecule has 1 aromatic rings. The molecule has 1 rings (SSSR count). The van der Waals surface area contributed by atoms with Crippen molar-refractivity contribution in [2.75, 3.05) is 31.2 Å². The van der Waals surface area contributed by atoms with Gasteiger partial charge in [-0.25, -0.2) is 0 Å². The highest BCUT2D eigenvalue weighted by Crippen LogP contribution is 2.24. The van der Waals surface area contributed by atoms with Crippen LogP contribution in [0.4, 0.5) is 5.69 Å². The summed E-state index contributed by atoms with van der Waals surface area (Å²) in [6.45, 7) is 0.625. The first-order valence-electron chi connectivity index (χ1n) is 4.89. The molecule has 0 atom stereocenters. The maximum Gasteiger partial charge on any atom is 0.101 e. The predicted molar refractivity (Wildman–Crippen MR) is 62.6 cm³/mol. The van der Waals surface area contributed by atoms with E-state index in [0.717, 1.165) is 0 Å². The van der Waals surface area contributed by atoms with Crippen LogP contribution in [0.5, 0.6) is 0 Å². The largest absolute Gasteiger partial charge is 0.395 e. The van der Waals surface area contributed by atoms with Gasteiger partial charge in [0, 0.05) is 18.1 Å². The van der Waals surface area contributed by atoms with E-state index in [0.29, 0.717) is 29.4 Å². The number of hydrogen-bond acceptors (Lipinski definition) is 4. The zero-order valence-corrected chi connectivity index (χ0v) is 9.48. The quantitative estimate of drug-likeness (QED) is 0.806. The molecule has 0 amide bonds. The summed E-state index contributed by atoms with van der Waals surface area (Å²) in [5.41, 5.74) is 1.12. The van der Waals surface area contributed by atoms with Crippen molar-refractivity contribution >= 4 is 17.3 Å². The van der Waals surface area contributed by atoms with Gasteiger partial charge in [-0.3, -0.25) is 0 Å². The normalized spacial score (nSPS) is 9.88. The maximum atomic E-state index is 8.95. The second-order valence-corrected chi connectivity index (χ2v) is 3.64. The van der Waals surface area contributed by atoms with Gasteiger partial charge in [-0.1, -0.05) is 11.6 Å². The van der Waals surface area contributed by atoms with Crippen molar-refractivity contribution in [2.24, 2.45) is 0 Å². The van der Waals surface area contributed by atoms with Crippen LogP contribution in [-0.4, -0.2) is 36.5 Å². The van der Waals surface area contributed by atoms with Gasteiger partial charge >= 0.3 is 0 Å². The van der Waals surface area contributed by atoms with Gasteiger partial charge < -0.3 is 15.1 Å². The Morgan fingerprint density at radius 2 is 1.88 bits per heavy atom. The van der Waals surface area contributed by atoms with Crippen molar-refractivity contribution in [2.45, 2.75) is 0 Å². The first-order valence-corrected chi connectivity index (χ1v) is 5.27. The Hall–Kier alpha value is -1.28. The lowest BCUT2D eigenvalue weighted by molar-refractivity contribution is 0.281. The standard InChI is InChI=1S/C11H13ClN2O2/c12-10-2-1-9(8-13)11(7-10)14(3-5-15)4-6-16/h1-2,7,15-16H,3-6H2. The Morgan fingerprint density at radius 1 is 1.25 bits per heavy atom. The molecule has 0 saturated carbocycles. The highest BCUT2D eigenvalue weighted by atomic mass is 35.5. The molecular formula is C11H13ClN2O2. The summed E-state index contributed by atoms with van der Waals surface area (Å²) in [7, 11) is 0. The minimum Gasteiger partial charge on any atom is -0.395 e. The summed E-state index contributed by atoms with van der Waals surface area (Å²) in [6, 6.07) is 6.98. The van der Waals surface area contributed by atoms with E-state index >= 15 is 0 Å². The molecule has 0 bridgehead atoms. The lowest BCUT2D eigenvalue weighted by atomic mass is 10.1. The van der Waals surface area contributed by atoms with E-state index in [1.807, 2.05) is 0 Å². The van der Waals surface area contributed by atoms with E-state index in [4.69, 9.17) is 27.1 Å². The molecule has 0 aliphatic rings. The SMILES string of the molecule is N#Cc1ccc(Cl)cc1N(CCO)CCO. The summed E-state index contributed by atoms with van der Waals surface area (Å²) < 4.78 is 0. The van der Waals surface area contributed by atoms with Gasteiger partial charge in [0.05, 0.1) is 24.5 Å². The number of aliphatic hydroxyl groups excluding tert-OH is 2. The molecule has 5 heteroatoms. The van der Waals surface area contributed by atoms with Gasteiger partial charge in [-0.05, 0) is 18.2 Å². The number of nitrogens with zero attached hydrogens (tertiary/aromatic N) is 2. The van der Waals surface area contributed by atoms with Crippen molar-refractivity contribution in [1.29, 1.82) is 5.26 Å². The third-order valence-corrected chi connectivity index (χ3v) is 2.40. The van der Waals surface area contributed by atoms with Gasteiger partial charge in [-0.15, -0.1) is 0 Å². The van der Waals surface area contributed by atoms with E-state index in [-0.39, 0.29) is 13.2 Å². The summed E-state index contributed by atoms with van der Waals surface area (Å²) in [5.74, 6) is 0. The van der Waals surface area contributed by atoms with Crippen LogP contribution in [0.25, 0.3) is 0 Å². The second-order valence-electron chi connectivity index (χ2n) is 3.21. The van der Waals surface area contributed by atoms with Gasteiger partial charge in [0.25, 0.3) is 0 Å². The van der Waals surface area contributed by atoms with Crippen molar-refractivity contribution in [1.82, 2.24) is 0 Å². The molecule has 4 nitrogen and oxygen atoms in total. The van der Waals surface area contributed by atoms with Crippen molar-refractivity contribution in [3.05, 3.63) is 28.8 Å². The number of halogens is 1. The molecule has 86 valence electrons. The molecule has 0 radical (unpaired) electrons. The third kappa shape index (κ3) is 3.11. The number of nitriles is 1. The lowest BCUT2D eigenvalue weighted by Crippen LogP contribution is -2.30. The van der Waals surface area contributed by atoms with E-state index in [2.05, 4.69) is 6.07 Å². The van der Waals surface area contributed by atoms with E-state index in [1.165, 1.54) is 0 Å². The first kappa shape index (κ1) is 12.8. The zero-order chi connectivity index (χ0) is 12.0. The van der Waals surface area contributed by atoms with Gasteiger partial charge in [-0.2, -0.15) is 5.26 Å². The van der Waals surface area contributed by atoms with Gasteiger partial charge in [0.15, 0.2) is 0 Å². The second kappa shape index (κ2) is 6.33. The van der Waals surface area contributed by atoms with E-state index in [1.54, 1.807) is 23.1 Å². The minimum atomic E-state index is -0.0443. The Kier molecular flexibility index (Phi) is 5.06. The minimum absolute atomic E-state index is 0.0443. The highest BCUT2D eigenvalue weighted by Gasteiger charge is 2.10. The van der Waals surface area contributed by atoms with Crippen LogP contribution in [0.1, 0.15) is 5.56 Å². The van der Waals surface area contributed by atoms with Crippen LogP contribution in [0.3, 0.4) is 0 Å². The molecule has 0 aromatic heterocycles. The molecule has 0 heterocycles. The highest BCUT2D eigenvalue weighted by molar-refractivity contribution is 6.30. The molecule has 0 fully saturated rings. The van der Waals surface area contributed by atoms with Crippen LogP contribution in [-0.2, 0) is 0 Å². The number of rotatable bonds is 5. The summed E-state index contributed by atoms with van der Waals surface area (Å²) >= 11 is 5.86. The number of hydrogen-bond donors (Lipinski definition) is 2. The fourth-order valence-electron chi connectivity index (χ4n) is 1.46. The molecule has 1 aromatic carbocycles. The van der Waals surface area contributed by atoms with E-state index in [9.17, 15) is 0 Å². The first-order chi connectivity index (χ1) is 7.72. The molecular weight excluding hydrogens is 228 g/mol. The molecule has 0 saturated heterocycles. The Balaban J connectivity index is 3.06. The Morgan fingerprint density at radius 3 is 2.38 bits per heavy atom. The topological polar surface area (TPSA) is 67.5 Å². The summed E-state index contributed by atoms with van der Waals surface area (Å²) in [6.07, 6.45) is 0. The van der Waals surface area contributed by atoms with Crippen LogP contribution in [0, 0.1) is 11.3 Å². The number of aliphatic hydroxyl groups is 2. The fraction of sp³-hybridized carbons (Fsp3) is 0.364. The van der Waals surface area contributed by atoms with Crippen LogP contribution < -0.4 is 4.90 Å². The molecule has 0 spiro atoms. The Bertz CT molecular complexity index is 384. The van der Waals surface area contributed by atoms with Crippen LogP contribution in [0.2, 0.25) is 5.02 Å². The molecule has 0 aliphatic heterocycles. The average molecular weight is 241 g/mol. The summed E-state index contributed by atoms with van der Waals surface area (Å²) in [4.78, 5) is 1.73. The van der Waals surface area contributed by atoms with Gasteiger partial charge in [0.1, 0.15) is 6.07 Å². The lowest BCUT2D eigenvalue weighted by Gasteiger charge is -2.24. The fourth-order valence-corrected chi connectivity index (χ4v) is 1.62. The van der Waals surface area contributed by atoms with Crippen LogP contribution >= 0.6 is 11.6 Å². The van der Waals surface area contributed by atoms with Crippen molar-refractivity contribution < 1.29 is 10.2 Å². The Labute approximate surface area is 99.3 Å². The molecule has 0 unspecified atom stereocenters. The number of benzene rings is 1. The molecule has 0 aliphatic carbocycles. The average Bonchev–Trinajstić information content (AvgIpc) is 2.29. The third-order valence-electron chi connectivity index (χ3n) is 2.16. The predicted octanol–water partition coefficient (Wildman–Crippen LogP) is 1.00. The number of anilines is 1. The maximum absolute atomic E-state index is 8.95. The smallest absolute Gasteiger partial charge is 0.101 e. The van der Waals surface area contributed by atoms with E-state index < -0.39 is 0 Å². The summed E-state index contributed by atoms with van der Waals surface area (Å²) in [5, 5.41) is 27.3. The van der Waals surface area contributed by atoms with Crippen molar-refractivity contribution in [3.63, 3.8) is 0 Å². The van der Waals surface area contributed by atoms with Crippen LogP contribution in [0.15, 0.2) is 18.2 Å². The monoisotopic (exact) mass is 240 g/mol. The molecule has 2 N–H and O–H groups in total. The molecule has 16 heavy (non-hydrogen) atoms.